The summed E-state index contributed by atoms with van der Waals surface area (Å²) in [7, 11) is 2.10. The minimum atomic E-state index is 0.163. The topological polar surface area (TPSA) is 48.1 Å². The van der Waals surface area contributed by atoms with E-state index in [0.717, 1.165) is 31.4 Å². The van der Waals surface area contributed by atoms with Gasteiger partial charge in [-0.15, -0.1) is 0 Å². The Hall–Kier alpha value is -1.81. The number of para-hydroxylation sites is 1. The molecule has 0 aliphatic carbocycles. The van der Waals surface area contributed by atoms with Crippen LogP contribution in [0.1, 0.15) is 18.4 Å². The highest BCUT2D eigenvalue weighted by Crippen LogP contribution is 2.19. The Morgan fingerprint density at radius 3 is 3.10 bits per heavy atom. The fourth-order valence-electron chi connectivity index (χ4n) is 2.94. The zero-order valence-electron chi connectivity index (χ0n) is 11.9. The molecule has 2 N–H and O–H groups in total. The molecule has 1 unspecified atom stereocenters. The molecular weight excluding hydrogens is 250 g/mol. The number of carbonyl (C=O) groups excluding carboxylic acids is 1. The highest BCUT2D eigenvalue weighted by Gasteiger charge is 2.20. The number of likely N-dealkylation sites (N-methyl/N-ethyl adjacent to an activating group) is 1. The first-order valence-corrected chi connectivity index (χ1v) is 7.25. The van der Waals surface area contributed by atoms with Crippen molar-refractivity contribution in [3.63, 3.8) is 0 Å². The maximum Gasteiger partial charge on any atom is 0.220 e. The molecule has 0 radical (unpaired) electrons. The highest BCUT2D eigenvalue weighted by atomic mass is 16.1. The lowest BCUT2D eigenvalue weighted by Crippen LogP contribution is -2.36. The first-order chi connectivity index (χ1) is 9.72. The second kappa shape index (κ2) is 5.67. The van der Waals surface area contributed by atoms with E-state index in [1.165, 1.54) is 10.9 Å². The average molecular weight is 271 g/mol. The minimum Gasteiger partial charge on any atom is -0.361 e. The van der Waals surface area contributed by atoms with Gasteiger partial charge in [-0.1, -0.05) is 18.2 Å². The normalized spacial score (nSPS) is 19.6. The van der Waals surface area contributed by atoms with Crippen LogP contribution in [0.4, 0.5) is 0 Å². The van der Waals surface area contributed by atoms with Crippen LogP contribution >= 0.6 is 0 Å². The van der Waals surface area contributed by atoms with Crippen molar-refractivity contribution in [2.24, 2.45) is 0 Å². The van der Waals surface area contributed by atoms with Crippen LogP contribution in [0.3, 0.4) is 0 Å². The number of rotatable bonds is 4. The number of amides is 1. The Balaban J connectivity index is 1.55. The van der Waals surface area contributed by atoms with Gasteiger partial charge in [0.2, 0.25) is 5.91 Å². The second-order valence-electron chi connectivity index (χ2n) is 5.67. The summed E-state index contributed by atoms with van der Waals surface area (Å²) in [4.78, 5) is 17.5. The van der Waals surface area contributed by atoms with Gasteiger partial charge in [-0.3, -0.25) is 4.79 Å². The monoisotopic (exact) mass is 271 g/mol. The van der Waals surface area contributed by atoms with Gasteiger partial charge in [-0.05, 0) is 38.1 Å². The van der Waals surface area contributed by atoms with Gasteiger partial charge >= 0.3 is 0 Å². The van der Waals surface area contributed by atoms with Crippen molar-refractivity contribution in [3.8, 4) is 0 Å². The lowest BCUT2D eigenvalue weighted by Gasteiger charge is -2.12. The number of hydrogen-bond donors (Lipinski definition) is 2. The van der Waals surface area contributed by atoms with Gasteiger partial charge in [0.15, 0.2) is 0 Å². The van der Waals surface area contributed by atoms with Crippen LogP contribution in [0, 0.1) is 0 Å². The van der Waals surface area contributed by atoms with Crippen molar-refractivity contribution >= 4 is 16.8 Å². The number of nitrogens with one attached hydrogen (secondary N) is 2. The molecule has 4 nitrogen and oxygen atoms in total. The summed E-state index contributed by atoms with van der Waals surface area (Å²) in [5, 5.41) is 4.35. The van der Waals surface area contributed by atoms with Gasteiger partial charge in [0.1, 0.15) is 0 Å². The van der Waals surface area contributed by atoms with Crippen LogP contribution in [-0.2, 0) is 11.2 Å². The summed E-state index contributed by atoms with van der Waals surface area (Å²) < 4.78 is 0. The number of fused-ring (bicyclic) bond motifs is 1. The van der Waals surface area contributed by atoms with Crippen LogP contribution in [0.15, 0.2) is 30.5 Å². The van der Waals surface area contributed by atoms with E-state index in [1.807, 2.05) is 18.3 Å². The molecule has 106 valence electrons. The number of benzene rings is 1. The molecule has 1 aromatic heterocycles. The van der Waals surface area contributed by atoms with Crippen molar-refractivity contribution in [2.45, 2.75) is 25.3 Å². The van der Waals surface area contributed by atoms with Gasteiger partial charge in [0.05, 0.1) is 0 Å². The first kappa shape index (κ1) is 13.2. The molecule has 0 spiro atoms. The van der Waals surface area contributed by atoms with E-state index in [-0.39, 0.29) is 5.91 Å². The third-order valence-electron chi connectivity index (χ3n) is 4.05. The Kier molecular flexibility index (Phi) is 3.74. The molecule has 1 aromatic carbocycles. The Bertz CT molecular complexity index is 605. The number of nitrogens with zero attached hydrogens (tertiary/aromatic N) is 1. The van der Waals surface area contributed by atoms with Crippen LogP contribution in [0.25, 0.3) is 10.9 Å². The van der Waals surface area contributed by atoms with Gasteiger partial charge < -0.3 is 15.2 Å². The van der Waals surface area contributed by atoms with E-state index in [9.17, 15) is 4.79 Å². The predicted molar refractivity (Wildman–Crippen MR) is 80.7 cm³/mol. The Morgan fingerprint density at radius 2 is 2.30 bits per heavy atom. The standard InChI is InChI=1S/C16H21N3O/c1-19-9-8-13(11-19)18-16(20)7-6-12-10-17-15-5-3-2-4-14(12)15/h2-5,10,13,17H,6-9,11H2,1H3,(H,18,20). The number of aromatic nitrogens is 1. The molecule has 2 heterocycles. The third-order valence-corrected chi connectivity index (χ3v) is 4.05. The number of likely N-dealkylation sites (tertiary alicyclic amines) is 1. The Morgan fingerprint density at radius 1 is 1.45 bits per heavy atom. The van der Waals surface area contributed by atoms with Crippen LogP contribution in [0.2, 0.25) is 0 Å². The van der Waals surface area contributed by atoms with E-state index in [2.05, 4.69) is 34.4 Å². The SMILES string of the molecule is CN1CCC(NC(=O)CCc2c[nH]c3ccccc23)C1. The number of H-pyrrole nitrogens is 1. The molecule has 1 saturated heterocycles. The van der Waals surface area contributed by atoms with Gasteiger partial charge in [-0.2, -0.15) is 0 Å². The van der Waals surface area contributed by atoms with Gasteiger partial charge in [0, 0.05) is 36.1 Å². The highest BCUT2D eigenvalue weighted by molar-refractivity contribution is 5.84. The van der Waals surface area contributed by atoms with E-state index in [0.29, 0.717) is 12.5 Å². The zero-order valence-corrected chi connectivity index (χ0v) is 11.9. The molecule has 1 aliphatic heterocycles. The van der Waals surface area contributed by atoms with Gasteiger partial charge in [0.25, 0.3) is 0 Å². The van der Waals surface area contributed by atoms with E-state index in [4.69, 9.17) is 0 Å². The van der Waals surface area contributed by atoms with Crippen LogP contribution < -0.4 is 5.32 Å². The molecule has 0 saturated carbocycles. The largest absolute Gasteiger partial charge is 0.361 e. The number of aryl methyl sites for hydroxylation is 1. The lowest BCUT2D eigenvalue weighted by molar-refractivity contribution is -0.121. The van der Waals surface area contributed by atoms with E-state index in [1.54, 1.807) is 0 Å². The molecule has 0 bridgehead atoms. The average Bonchev–Trinajstić information content (AvgIpc) is 3.03. The minimum absolute atomic E-state index is 0.163. The number of aromatic amines is 1. The lowest BCUT2D eigenvalue weighted by atomic mass is 10.1. The van der Waals surface area contributed by atoms with E-state index < -0.39 is 0 Å². The first-order valence-electron chi connectivity index (χ1n) is 7.25. The van der Waals surface area contributed by atoms with Crippen molar-refractivity contribution in [2.75, 3.05) is 20.1 Å². The summed E-state index contributed by atoms with van der Waals surface area (Å²) >= 11 is 0. The van der Waals surface area contributed by atoms with Crippen LogP contribution in [-0.4, -0.2) is 42.0 Å². The maximum atomic E-state index is 12.0. The van der Waals surface area contributed by atoms with Crippen molar-refractivity contribution in [3.05, 3.63) is 36.0 Å². The number of carbonyl (C=O) groups is 1. The van der Waals surface area contributed by atoms with Crippen molar-refractivity contribution in [1.82, 2.24) is 15.2 Å². The molecule has 20 heavy (non-hydrogen) atoms. The van der Waals surface area contributed by atoms with Crippen molar-refractivity contribution < 1.29 is 4.79 Å². The number of hydrogen-bond acceptors (Lipinski definition) is 2. The molecule has 4 heteroatoms. The third kappa shape index (κ3) is 2.85. The van der Waals surface area contributed by atoms with Crippen LogP contribution in [0.5, 0.6) is 0 Å². The van der Waals surface area contributed by atoms with Gasteiger partial charge in [-0.25, -0.2) is 0 Å². The fraction of sp³-hybridized carbons (Fsp3) is 0.438. The maximum absolute atomic E-state index is 12.0. The molecule has 2 aromatic rings. The Labute approximate surface area is 119 Å². The smallest absolute Gasteiger partial charge is 0.220 e. The molecular formula is C16H21N3O. The quantitative estimate of drug-likeness (QED) is 0.892. The predicted octanol–water partition coefficient (Wildman–Crippen LogP) is 1.92. The summed E-state index contributed by atoms with van der Waals surface area (Å²) in [5.41, 5.74) is 2.36. The molecule has 3 rings (SSSR count). The summed E-state index contributed by atoms with van der Waals surface area (Å²) in [6, 6.07) is 8.55. The summed E-state index contributed by atoms with van der Waals surface area (Å²) in [6.45, 7) is 2.05. The summed E-state index contributed by atoms with van der Waals surface area (Å²) in [5.74, 6) is 0.163. The van der Waals surface area contributed by atoms with E-state index >= 15 is 0 Å². The zero-order chi connectivity index (χ0) is 13.9. The molecule has 1 atom stereocenters. The summed E-state index contributed by atoms with van der Waals surface area (Å²) in [6.07, 6.45) is 4.43. The second-order valence-corrected chi connectivity index (χ2v) is 5.67. The fourth-order valence-corrected chi connectivity index (χ4v) is 2.94. The molecule has 1 aliphatic rings. The molecule has 1 amide bonds. The van der Waals surface area contributed by atoms with Crippen molar-refractivity contribution in [1.29, 1.82) is 0 Å². The molecule has 1 fully saturated rings.